The Bertz CT molecular complexity index is 677. The third-order valence-electron chi connectivity index (χ3n) is 2.65. The zero-order valence-electron chi connectivity index (χ0n) is 11.4. The molecule has 0 fully saturated rings. The van der Waals surface area contributed by atoms with Crippen molar-refractivity contribution in [1.82, 2.24) is 15.4 Å². The molecule has 0 saturated carbocycles. The molecule has 0 bridgehead atoms. The zero-order valence-corrected chi connectivity index (χ0v) is 13.9. The van der Waals surface area contributed by atoms with Crippen molar-refractivity contribution in [3.63, 3.8) is 0 Å². The molecule has 8 heteroatoms. The predicted molar refractivity (Wildman–Crippen MR) is 87.2 cm³/mol. The van der Waals surface area contributed by atoms with Crippen molar-refractivity contribution >= 4 is 39.6 Å². The van der Waals surface area contributed by atoms with Gasteiger partial charge in [-0.2, -0.15) is 0 Å². The molecule has 0 saturated heterocycles. The summed E-state index contributed by atoms with van der Waals surface area (Å²) in [5, 5.41) is 18.4. The average Bonchev–Trinajstić information content (AvgIpc) is 3.19. The molecule has 0 amide bonds. The number of aromatic nitrogens is 3. The van der Waals surface area contributed by atoms with E-state index in [2.05, 4.69) is 38.2 Å². The van der Waals surface area contributed by atoms with Gasteiger partial charge >= 0.3 is 0 Å². The minimum atomic E-state index is 0.727. The van der Waals surface area contributed by atoms with Crippen LogP contribution in [0.2, 0.25) is 0 Å². The van der Waals surface area contributed by atoms with Crippen molar-refractivity contribution in [3.05, 3.63) is 39.9 Å². The monoisotopic (exact) mass is 338 g/mol. The van der Waals surface area contributed by atoms with Gasteiger partial charge < -0.3 is 9.84 Å². The maximum Gasteiger partial charge on any atom is 0.206 e. The van der Waals surface area contributed by atoms with Gasteiger partial charge in [0.05, 0.1) is 11.4 Å². The van der Waals surface area contributed by atoms with Crippen LogP contribution in [0.1, 0.15) is 16.3 Å². The second-order valence-corrected chi connectivity index (χ2v) is 7.58. The topological polar surface area (TPSA) is 63.8 Å². The van der Waals surface area contributed by atoms with Gasteiger partial charge in [-0.3, -0.25) is 0 Å². The molecule has 0 aliphatic carbocycles. The zero-order chi connectivity index (χ0) is 14.5. The van der Waals surface area contributed by atoms with Gasteiger partial charge in [-0.25, -0.2) is 0 Å². The van der Waals surface area contributed by atoms with Crippen LogP contribution in [0.15, 0.2) is 32.4 Å². The Hall–Kier alpha value is -1.38. The summed E-state index contributed by atoms with van der Waals surface area (Å²) < 4.78 is 6.10. The average molecular weight is 338 g/mol. The summed E-state index contributed by atoms with van der Waals surface area (Å²) in [5.74, 6) is 1.59. The number of hydrogen-bond acceptors (Lipinski definition) is 8. The molecule has 3 aromatic heterocycles. The van der Waals surface area contributed by atoms with Crippen LogP contribution >= 0.6 is 34.4 Å². The van der Waals surface area contributed by atoms with Crippen LogP contribution in [0.25, 0.3) is 0 Å². The molecule has 0 spiro atoms. The second kappa shape index (κ2) is 7.06. The quantitative estimate of drug-likeness (QED) is 0.660. The van der Waals surface area contributed by atoms with Crippen molar-refractivity contribution in [2.75, 3.05) is 11.9 Å². The van der Waals surface area contributed by atoms with Crippen molar-refractivity contribution in [1.29, 1.82) is 0 Å². The van der Waals surface area contributed by atoms with E-state index in [4.69, 9.17) is 4.52 Å². The fourth-order valence-corrected chi connectivity index (χ4v) is 4.07. The summed E-state index contributed by atoms with van der Waals surface area (Å²) in [6.07, 6.45) is 1.01. The highest BCUT2D eigenvalue weighted by atomic mass is 32.2. The van der Waals surface area contributed by atoms with Gasteiger partial charge in [-0.1, -0.05) is 34.3 Å². The fourth-order valence-electron chi connectivity index (χ4n) is 1.70. The SMILES string of the molecule is Cc1cc(CSc2nnc(NCCc3cccs3)s2)on1. The summed E-state index contributed by atoms with van der Waals surface area (Å²) in [7, 11) is 0. The first-order valence-corrected chi connectivity index (χ1v) is 9.12. The third kappa shape index (κ3) is 4.29. The summed E-state index contributed by atoms with van der Waals surface area (Å²) in [6, 6.07) is 6.16. The Labute approximate surface area is 134 Å². The van der Waals surface area contributed by atoms with Crippen LogP contribution in [0.3, 0.4) is 0 Å². The van der Waals surface area contributed by atoms with Crippen molar-refractivity contribution in [2.24, 2.45) is 0 Å². The van der Waals surface area contributed by atoms with Gasteiger partial charge in [-0.15, -0.1) is 21.5 Å². The number of nitrogens with one attached hydrogen (secondary N) is 1. The molecule has 21 heavy (non-hydrogen) atoms. The van der Waals surface area contributed by atoms with E-state index in [1.807, 2.05) is 13.0 Å². The molecule has 0 atom stereocenters. The molecule has 0 aromatic carbocycles. The Kier molecular flexibility index (Phi) is 4.89. The van der Waals surface area contributed by atoms with E-state index in [1.165, 1.54) is 4.88 Å². The fraction of sp³-hybridized carbons (Fsp3) is 0.308. The van der Waals surface area contributed by atoms with Crippen molar-refractivity contribution in [3.8, 4) is 0 Å². The van der Waals surface area contributed by atoms with E-state index in [9.17, 15) is 0 Å². The number of hydrogen-bond donors (Lipinski definition) is 1. The van der Waals surface area contributed by atoms with Crippen LogP contribution < -0.4 is 5.32 Å². The smallest absolute Gasteiger partial charge is 0.206 e. The minimum Gasteiger partial charge on any atom is -0.360 e. The first-order chi connectivity index (χ1) is 10.3. The van der Waals surface area contributed by atoms with Crippen LogP contribution in [-0.4, -0.2) is 21.9 Å². The number of nitrogens with zero attached hydrogens (tertiary/aromatic N) is 3. The van der Waals surface area contributed by atoms with E-state index in [0.29, 0.717) is 0 Å². The highest BCUT2D eigenvalue weighted by molar-refractivity contribution is 8.00. The number of thiophene rings is 1. The Morgan fingerprint density at radius 1 is 1.38 bits per heavy atom. The lowest BCUT2D eigenvalue weighted by Gasteiger charge is -1.98. The Morgan fingerprint density at radius 2 is 2.33 bits per heavy atom. The number of thioether (sulfide) groups is 1. The van der Waals surface area contributed by atoms with Crippen LogP contribution in [0.5, 0.6) is 0 Å². The minimum absolute atomic E-state index is 0.727. The lowest BCUT2D eigenvalue weighted by molar-refractivity contribution is 0.391. The van der Waals surface area contributed by atoms with Crippen LogP contribution in [0, 0.1) is 6.92 Å². The largest absolute Gasteiger partial charge is 0.360 e. The molecule has 3 aromatic rings. The molecule has 110 valence electrons. The molecule has 0 aliphatic rings. The lowest BCUT2D eigenvalue weighted by atomic mass is 10.3. The molecule has 0 aliphatic heterocycles. The molecule has 5 nitrogen and oxygen atoms in total. The lowest BCUT2D eigenvalue weighted by Crippen LogP contribution is -2.03. The molecular weight excluding hydrogens is 324 g/mol. The normalized spacial score (nSPS) is 10.9. The third-order valence-corrected chi connectivity index (χ3v) is 5.62. The number of anilines is 1. The first-order valence-electron chi connectivity index (χ1n) is 6.44. The van der Waals surface area contributed by atoms with E-state index < -0.39 is 0 Å². The van der Waals surface area contributed by atoms with Gasteiger partial charge in [0, 0.05) is 17.5 Å². The van der Waals surface area contributed by atoms with Crippen LogP contribution in [0.4, 0.5) is 5.13 Å². The standard InChI is InChI=1S/C13H14N4OS3/c1-9-7-10(18-17-9)8-20-13-16-15-12(21-13)14-5-4-11-3-2-6-19-11/h2-3,6-7H,4-5,8H2,1H3,(H,14,15). The summed E-state index contributed by atoms with van der Waals surface area (Å²) >= 11 is 4.96. The predicted octanol–water partition coefficient (Wildman–Crippen LogP) is 3.84. The molecular formula is C13H14N4OS3. The van der Waals surface area contributed by atoms with Crippen LogP contribution in [-0.2, 0) is 12.2 Å². The van der Waals surface area contributed by atoms with Crippen molar-refractivity contribution in [2.45, 2.75) is 23.4 Å². The van der Waals surface area contributed by atoms with Gasteiger partial charge in [0.25, 0.3) is 0 Å². The molecule has 3 heterocycles. The van der Waals surface area contributed by atoms with Gasteiger partial charge in [0.2, 0.25) is 5.13 Å². The molecule has 3 rings (SSSR count). The summed E-state index contributed by atoms with van der Waals surface area (Å²) in [6.45, 7) is 2.79. The van der Waals surface area contributed by atoms with Gasteiger partial charge in [0.15, 0.2) is 4.34 Å². The maximum atomic E-state index is 5.17. The van der Waals surface area contributed by atoms with E-state index in [1.54, 1.807) is 34.4 Å². The Balaban J connectivity index is 1.45. The second-order valence-electron chi connectivity index (χ2n) is 4.35. The highest BCUT2D eigenvalue weighted by Gasteiger charge is 2.07. The summed E-state index contributed by atoms with van der Waals surface area (Å²) in [5.41, 5.74) is 0.902. The van der Waals surface area contributed by atoms with Gasteiger partial charge in [0.1, 0.15) is 5.76 Å². The van der Waals surface area contributed by atoms with E-state index in [-0.39, 0.29) is 0 Å². The molecule has 0 radical (unpaired) electrons. The highest BCUT2D eigenvalue weighted by Crippen LogP contribution is 2.28. The molecule has 0 unspecified atom stereocenters. The Morgan fingerprint density at radius 3 is 3.10 bits per heavy atom. The maximum absolute atomic E-state index is 5.17. The number of aryl methyl sites for hydroxylation is 1. The summed E-state index contributed by atoms with van der Waals surface area (Å²) in [4.78, 5) is 1.38. The number of rotatable bonds is 7. The first kappa shape index (κ1) is 14.6. The van der Waals surface area contributed by atoms with Crippen molar-refractivity contribution < 1.29 is 4.52 Å². The van der Waals surface area contributed by atoms with E-state index in [0.717, 1.165) is 39.6 Å². The molecule has 1 N–H and O–H groups in total. The van der Waals surface area contributed by atoms with Gasteiger partial charge in [-0.05, 0) is 24.8 Å². The van der Waals surface area contributed by atoms with E-state index >= 15 is 0 Å².